The predicted molar refractivity (Wildman–Crippen MR) is 72.1 cm³/mol. The molecule has 1 aromatic carbocycles. The molecule has 0 unspecified atom stereocenters. The molecule has 1 N–H and O–H groups in total. The van der Waals surface area contributed by atoms with Crippen LogP contribution in [0.15, 0.2) is 24.4 Å². The maximum absolute atomic E-state index is 10.8. The molecule has 1 aliphatic carbocycles. The van der Waals surface area contributed by atoms with Gasteiger partial charge in [-0.05, 0) is 43.4 Å². The summed E-state index contributed by atoms with van der Waals surface area (Å²) in [6, 6.07) is 6.44. The SMILES string of the molecule is Cc1nc(-c2ccc3c(c2)CCC3)cn1CC(=O)O. The molecule has 0 fully saturated rings. The molecular weight excluding hydrogens is 240 g/mol. The van der Waals surface area contributed by atoms with E-state index in [2.05, 4.69) is 23.2 Å². The van der Waals surface area contributed by atoms with Gasteiger partial charge in [0.1, 0.15) is 12.4 Å². The van der Waals surface area contributed by atoms with Crippen LogP contribution in [-0.4, -0.2) is 20.6 Å². The summed E-state index contributed by atoms with van der Waals surface area (Å²) in [6.45, 7) is 1.80. The number of nitrogens with zero attached hydrogens (tertiary/aromatic N) is 2. The van der Waals surface area contributed by atoms with Crippen molar-refractivity contribution in [2.45, 2.75) is 32.7 Å². The Balaban J connectivity index is 1.96. The quantitative estimate of drug-likeness (QED) is 0.917. The first kappa shape index (κ1) is 12.0. The van der Waals surface area contributed by atoms with Crippen molar-refractivity contribution in [2.24, 2.45) is 0 Å². The van der Waals surface area contributed by atoms with Crippen LogP contribution < -0.4 is 0 Å². The molecule has 1 aliphatic rings. The Hall–Kier alpha value is -2.10. The third-order valence-corrected chi connectivity index (χ3v) is 3.68. The smallest absolute Gasteiger partial charge is 0.323 e. The lowest BCUT2D eigenvalue weighted by molar-refractivity contribution is -0.137. The Labute approximate surface area is 111 Å². The molecule has 3 rings (SSSR count). The van der Waals surface area contributed by atoms with Crippen molar-refractivity contribution >= 4 is 5.97 Å². The predicted octanol–water partition coefficient (Wildman–Crippen LogP) is 2.43. The highest BCUT2D eigenvalue weighted by Gasteiger charge is 2.13. The minimum absolute atomic E-state index is 0.0379. The number of fused-ring (bicyclic) bond motifs is 1. The number of carbonyl (C=O) groups is 1. The molecule has 0 atom stereocenters. The zero-order valence-corrected chi connectivity index (χ0v) is 10.9. The van der Waals surface area contributed by atoms with Gasteiger partial charge in [-0.1, -0.05) is 12.1 Å². The Bertz CT molecular complexity index is 644. The monoisotopic (exact) mass is 256 g/mol. The Morgan fingerprint density at radius 2 is 2.16 bits per heavy atom. The van der Waals surface area contributed by atoms with E-state index < -0.39 is 5.97 Å². The van der Waals surface area contributed by atoms with Crippen molar-refractivity contribution in [1.29, 1.82) is 0 Å². The highest BCUT2D eigenvalue weighted by Crippen LogP contribution is 2.27. The number of hydrogen-bond donors (Lipinski definition) is 1. The summed E-state index contributed by atoms with van der Waals surface area (Å²) < 4.78 is 1.67. The van der Waals surface area contributed by atoms with E-state index in [4.69, 9.17) is 5.11 Å². The summed E-state index contributed by atoms with van der Waals surface area (Å²) in [5, 5.41) is 8.85. The molecule has 0 saturated heterocycles. The van der Waals surface area contributed by atoms with Crippen molar-refractivity contribution < 1.29 is 9.90 Å². The molecule has 2 aromatic rings. The van der Waals surface area contributed by atoms with E-state index in [9.17, 15) is 4.79 Å². The van der Waals surface area contributed by atoms with Crippen LogP contribution in [0.5, 0.6) is 0 Å². The first-order valence-corrected chi connectivity index (χ1v) is 6.51. The number of aromatic nitrogens is 2. The molecule has 0 saturated carbocycles. The van der Waals surface area contributed by atoms with E-state index in [1.165, 1.54) is 24.0 Å². The molecule has 1 aromatic heterocycles. The fourth-order valence-electron chi connectivity index (χ4n) is 2.68. The Morgan fingerprint density at radius 1 is 1.37 bits per heavy atom. The van der Waals surface area contributed by atoms with Gasteiger partial charge in [0.05, 0.1) is 5.69 Å². The summed E-state index contributed by atoms with van der Waals surface area (Å²) in [4.78, 5) is 15.2. The van der Waals surface area contributed by atoms with Gasteiger partial charge in [-0.2, -0.15) is 0 Å². The second-order valence-corrected chi connectivity index (χ2v) is 5.03. The zero-order chi connectivity index (χ0) is 13.4. The number of aryl methyl sites for hydroxylation is 3. The number of hydrogen-bond acceptors (Lipinski definition) is 2. The van der Waals surface area contributed by atoms with Gasteiger partial charge in [0, 0.05) is 11.8 Å². The van der Waals surface area contributed by atoms with E-state index in [-0.39, 0.29) is 6.54 Å². The third-order valence-electron chi connectivity index (χ3n) is 3.68. The lowest BCUT2D eigenvalue weighted by atomic mass is 10.0. The Kier molecular flexibility index (Phi) is 2.85. The van der Waals surface area contributed by atoms with E-state index in [1.54, 1.807) is 4.57 Å². The van der Waals surface area contributed by atoms with Crippen LogP contribution in [0.2, 0.25) is 0 Å². The molecule has 0 amide bonds. The highest BCUT2D eigenvalue weighted by molar-refractivity contribution is 5.67. The summed E-state index contributed by atoms with van der Waals surface area (Å²) in [7, 11) is 0. The topological polar surface area (TPSA) is 55.1 Å². The van der Waals surface area contributed by atoms with Crippen LogP contribution in [0.25, 0.3) is 11.3 Å². The van der Waals surface area contributed by atoms with Crippen molar-refractivity contribution in [1.82, 2.24) is 9.55 Å². The fraction of sp³-hybridized carbons (Fsp3) is 0.333. The minimum Gasteiger partial charge on any atom is -0.480 e. The first-order valence-electron chi connectivity index (χ1n) is 6.51. The van der Waals surface area contributed by atoms with Gasteiger partial charge in [-0.15, -0.1) is 0 Å². The van der Waals surface area contributed by atoms with Gasteiger partial charge in [0.2, 0.25) is 0 Å². The van der Waals surface area contributed by atoms with Gasteiger partial charge in [-0.25, -0.2) is 4.98 Å². The molecular formula is C15H16N2O2. The molecule has 0 bridgehead atoms. The molecule has 4 nitrogen and oxygen atoms in total. The van der Waals surface area contributed by atoms with Gasteiger partial charge < -0.3 is 9.67 Å². The van der Waals surface area contributed by atoms with E-state index in [1.807, 2.05) is 13.1 Å². The van der Waals surface area contributed by atoms with Gasteiger partial charge in [0.25, 0.3) is 0 Å². The van der Waals surface area contributed by atoms with Crippen LogP contribution in [0, 0.1) is 6.92 Å². The molecule has 19 heavy (non-hydrogen) atoms. The number of imidazole rings is 1. The van der Waals surface area contributed by atoms with E-state index in [0.717, 1.165) is 23.5 Å². The number of rotatable bonds is 3. The van der Waals surface area contributed by atoms with Crippen molar-refractivity contribution in [2.75, 3.05) is 0 Å². The minimum atomic E-state index is -0.846. The van der Waals surface area contributed by atoms with Crippen molar-refractivity contribution in [3.05, 3.63) is 41.3 Å². The van der Waals surface area contributed by atoms with Crippen LogP contribution in [0.4, 0.5) is 0 Å². The molecule has 98 valence electrons. The second-order valence-electron chi connectivity index (χ2n) is 5.03. The van der Waals surface area contributed by atoms with Gasteiger partial charge >= 0.3 is 5.97 Å². The zero-order valence-electron chi connectivity index (χ0n) is 10.9. The summed E-state index contributed by atoms with van der Waals surface area (Å²) in [6.07, 6.45) is 5.35. The van der Waals surface area contributed by atoms with Crippen molar-refractivity contribution in [3.8, 4) is 11.3 Å². The van der Waals surface area contributed by atoms with E-state index in [0.29, 0.717) is 0 Å². The summed E-state index contributed by atoms with van der Waals surface area (Å²) >= 11 is 0. The van der Waals surface area contributed by atoms with Crippen LogP contribution >= 0.6 is 0 Å². The third kappa shape index (κ3) is 2.26. The molecule has 0 aliphatic heterocycles. The normalized spacial score (nSPS) is 13.5. The lowest BCUT2D eigenvalue weighted by Crippen LogP contribution is -2.08. The standard InChI is InChI=1S/C15H16N2O2/c1-10-16-14(8-17(10)9-15(18)19)13-6-5-11-3-2-4-12(11)7-13/h5-8H,2-4,9H2,1H3,(H,18,19). The van der Waals surface area contributed by atoms with Crippen molar-refractivity contribution in [3.63, 3.8) is 0 Å². The second kappa shape index (κ2) is 4.53. The van der Waals surface area contributed by atoms with Crippen LogP contribution in [0.3, 0.4) is 0 Å². The number of carboxylic acid groups (broad SMARTS) is 1. The molecule has 0 radical (unpaired) electrons. The summed E-state index contributed by atoms with van der Waals surface area (Å²) in [5.41, 5.74) is 4.77. The lowest BCUT2D eigenvalue weighted by Gasteiger charge is -2.02. The van der Waals surface area contributed by atoms with Crippen LogP contribution in [0.1, 0.15) is 23.4 Å². The fourth-order valence-corrected chi connectivity index (χ4v) is 2.68. The highest BCUT2D eigenvalue weighted by atomic mass is 16.4. The molecule has 0 spiro atoms. The number of carboxylic acids is 1. The molecule has 4 heteroatoms. The maximum atomic E-state index is 10.8. The largest absolute Gasteiger partial charge is 0.480 e. The van der Waals surface area contributed by atoms with Crippen LogP contribution in [-0.2, 0) is 24.2 Å². The number of aliphatic carboxylic acids is 1. The van der Waals surface area contributed by atoms with Gasteiger partial charge in [-0.3, -0.25) is 4.79 Å². The maximum Gasteiger partial charge on any atom is 0.323 e. The molecule has 1 heterocycles. The Morgan fingerprint density at radius 3 is 2.95 bits per heavy atom. The average molecular weight is 256 g/mol. The summed E-state index contributed by atoms with van der Waals surface area (Å²) in [5.74, 6) is -0.112. The number of benzene rings is 1. The van der Waals surface area contributed by atoms with Gasteiger partial charge in [0.15, 0.2) is 0 Å². The first-order chi connectivity index (χ1) is 9.13. The van der Waals surface area contributed by atoms with E-state index >= 15 is 0 Å². The average Bonchev–Trinajstić information content (AvgIpc) is 2.95.